The van der Waals surface area contributed by atoms with E-state index in [-0.39, 0.29) is 5.82 Å². The summed E-state index contributed by atoms with van der Waals surface area (Å²) in [5.74, 6) is 0.433. The summed E-state index contributed by atoms with van der Waals surface area (Å²) in [6.07, 6.45) is 0. The van der Waals surface area contributed by atoms with E-state index >= 15 is 0 Å². The lowest BCUT2D eigenvalue weighted by molar-refractivity contribution is 0.145. The van der Waals surface area contributed by atoms with Gasteiger partial charge in [-0.25, -0.2) is 4.39 Å². The molecule has 0 fully saturated rings. The van der Waals surface area contributed by atoms with Crippen molar-refractivity contribution in [1.29, 1.82) is 0 Å². The van der Waals surface area contributed by atoms with E-state index < -0.39 is 5.54 Å². The van der Waals surface area contributed by atoms with Gasteiger partial charge in [-0.2, -0.15) is 0 Å². The molecule has 0 heterocycles. The van der Waals surface area contributed by atoms with E-state index in [4.69, 9.17) is 15.2 Å². The van der Waals surface area contributed by atoms with Gasteiger partial charge in [-0.3, -0.25) is 0 Å². The molecule has 0 aliphatic rings. The van der Waals surface area contributed by atoms with Gasteiger partial charge in [0.1, 0.15) is 18.2 Å². The zero-order valence-electron chi connectivity index (χ0n) is 12.3. The van der Waals surface area contributed by atoms with E-state index in [9.17, 15) is 4.39 Å². The summed E-state index contributed by atoms with van der Waals surface area (Å²) in [5, 5.41) is 0. The predicted octanol–water partition coefficient (Wildman–Crippen LogP) is 3.07. The first-order valence-corrected chi connectivity index (χ1v) is 6.82. The van der Waals surface area contributed by atoms with Crippen molar-refractivity contribution in [3.63, 3.8) is 0 Å². The summed E-state index contributed by atoms with van der Waals surface area (Å²) < 4.78 is 23.8. The second kappa shape index (κ2) is 6.70. The molecule has 21 heavy (non-hydrogen) atoms. The van der Waals surface area contributed by atoms with Crippen LogP contribution in [0.4, 0.5) is 4.39 Å². The van der Waals surface area contributed by atoms with Gasteiger partial charge in [-0.05, 0) is 30.7 Å². The van der Waals surface area contributed by atoms with Crippen molar-refractivity contribution in [3.8, 4) is 5.75 Å². The maximum Gasteiger partial charge on any atom is 0.124 e. The maximum absolute atomic E-state index is 13.1. The molecule has 0 aliphatic heterocycles. The van der Waals surface area contributed by atoms with Crippen molar-refractivity contribution in [2.24, 2.45) is 5.73 Å². The first-order chi connectivity index (χ1) is 10.1. The minimum atomic E-state index is -0.767. The van der Waals surface area contributed by atoms with Gasteiger partial charge in [0.05, 0.1) is 12.1 Å². The van der Waals surface area contributed by atoms with Crippen molar-refractivity contribution in [1.82, 2.24) is 0 Å². The summed E-state index contributed by atoms with van der Waals surface area (Å²) in [7, 11) is 1.63. The Kier molecular flexibility index (Phi) is 4.94. The van der Waals surface area contributed by atoms with Crippen LogP contribution in [0.15, 0.2) is 48.5 Å². The fourth-order valence-corrected chi connectivity index (χ4v) is 2.21. The molecular formula is C17H20FNO2. The van der Waals surface area contributed by atoms with Gasteiger partial charge in [-0.15, -0.1) is 0 Å². The highest BCUT2D eigenvalue weighted by Crippen LogP contribution is 2.33. The zero-order valence-corrected chi connectivity index (χ0v) is 12.3. The summed E-state index contributed by atoms with van der Waals surface area (Å²) in [6, 6.07) is 13.8. The molecule has 2 rings (SSSR count). The molecule has 2 aromatic rings. The van der Waals surface area contributed by atoms with Crippen LogP contribution in [0.3, 0.4) is 0 Å². The van der Waals surface area contributed by atoms with Gasteiger partial charge in [0, 0.05) is 12.7 Å². The van der Waals surface area contributed by atoms with E-state index in [1.165, 1.54) is 12.1 Å². The largest absolute Gasteiger partial charge is 0.491 e. The lowest BCUT2D eigenvalue weighted by Gasteiger charge is -2.28. The lowest BCUT2D eigenvalue weighted by atomic mass is 9.85. The molecule has 1 atom stereocenters. The Morgan fingerprint density at radius 1 is 1.05 bits per heavy atom. The smallest absolute Gasteiger partial charge is 0.124 e. The normalized spacial score (nSPS) is 13.7. The monoisotopic (exact) mass is 289 g/mol. The highest BCUT2D eigenvalue weighted by Gasteiger charge is 2.27. The molecule has 0 radical (unpaired) electrons. The Morgan fingerprint density at radius 3 is 2.38 bits per heavy atom. The molecule has 2 aromatic carbocycles. The first-order valence-electron chi connectivity index (χ1n) is 6.82. The van der Waals surface area contributed by atoms with Crippen LogP contribution in [0.25, 0.3) is 0 Å². The second-order valence-electron chi connectivity index (χ2n) is 5.05. The molecular weight excluding hydrogens is 269 g/mol. The van der Waals surface area contributed by atoms with Crippen molar-refractivity contribution in [3.05, 3.63) is 65.5 Å². The Balaban J connectivity index is 2.32. The van der Waals surface area contributed by atoms with Crippen LogP contribution >= 0.6 is 0 Å². The quantitative estimate of drug-likeness (QED) is 0.831. The van der Waals surface area contributed by atoms with Crippen LogP contribution in [-0.2, 0) is 10.3 Å². The van der Waals surface area contributed by atoms with Gasteiger partial charge < -0.3 is 15.2 Å². The zero-order chi connectivity index (χ0) is 15.3. The fourth-order valence-electron chi connectivity index (χ4n) is 2.21. The van der Waals surface area contributed by atoms with Crippen molar-refractivity contribution < 1.29 is 13.9 Å². The van der Waals surface area contributed by atoms with E-state index in [0.717, 1.165) is 11.1 Å². The van der Waals surface area contributed by atoms with Crippen molar-refractivity contribution >= 4 is 0 Å². The summed E-state index contributed by atoms with van der Waals surface area (Å²) in [4.78, 5) is 0. The molecule has 0 amide bonds. The van der Waals surface area contributed by atoms with Crippen molar-refractivity contribution in [2.75, 3.05) is 20.3 Å². The number of hydrogen-bond donors (Lipinski definition) is 1. The number of para-hydroxylation sites is 1. The Bertz CT molecular complexity index is 582. The molecule has 0 aliphatic carbocycles. The molecule has 0 saturated heterocycles. The molecule has 3 nitrogen and oxygen atoms in total. The summed E-state index contributed by atoms with van der Waals surface area (Å²) in [6.45, 7) is 2.85. The number of halogens is 1. The van der Waals surface area contributed by atoms with Crippen LogP contribution in [0.1, 0.15) is 18.1 Å². The molecule has 0 spiro atoms. The van der Waals surface area contributed by atoms with Crippen LogP contribution in [0.5, 0.6) is 5.75 Å². The Morgan fingerprint density at radius 2 is 1.71 bits per heavy atom. The average Bonchev–Trinajstić information content (AvgIpc) is 2.48. The summed E-state index contributed by atoms with van der Waals surface area (Å²) in [5.41, 5.74) is 7.39. The van der Waals surface area contributed by atoms with E-state index in [1.54, 1.807) is 19.2 Å². The lowest BCUT2D eigenvalue weighted by Crippen LogP contribution is -2.34. The molecule has 112 valence electrons. The number of methoxy groups -OCH3 is 1. The molecule has 0 saturated carbocycles. The van der Waals surface area contributed by atoms with E-state index in [0.29, 0.717) is 19.0 Å². The van der Waals surface area contributed by atoms with Gasteiger partial charge in [0.15, 0.2) is 0 Å². The number of benzene rings is 2. The second-order valence-corrected chi connectivity index (χ2v) is 5.05. The van der Waals surface area contributed by atoms with Crippen LogP contribution in [0, 0.1) is 5.82 Å². The number of rotatable bonds is 6. The topological polar surface area (TPSA) is 44.5 Å². The minimum Gasteiger partial charge on any atom is -0.491 e. The SMILES string of the molecule is COCCOc1ccccc1C(C)(N)c1ccc(F)cc1. The van der Waals surface area contributed by atoms with Crippen molar-refractivity contribution in [2.45, 2.75) is 12.5 Å². The Hall–Kier alpha value is -1.91. The third-order valence-electron chi connectivity index (χ3n) is 3.44. The molecule has 0 aromatic heterocycles. The van der Waals surface area contributed by atoms with Gasteiger partial charge in [0.2, 0.25) is 0 Å². The number of nitrogens with two attached hydrogens (primary N) is 1. The standard InChI is InChI=1S/C17H20FNO2/c1-17(19,13-7-9-14(18)10-8-13)15-5-3-4-6-16(15)21-12-11-20-2/h3-10H,11-12,19H2,1-2H3. The van der Waals surface area contributed by atoms with E-state index in [2.05, 4.69) is 0 Å². The number of hydrogen-bond acceptors (Lipinski definition) is 3. The minimum absolute atomic E-state index is 0.279. The molecule has 0 bridgehead atoms. The summed E-state index contributed by atoms with van der Waals surface area (Å²) >= 11 is 0. The average molecular weight is 289 g/mol. The van der Waals surface area contributed by atoms with E-state index in [1.807, 2.05) is 31.2 Å². The highest BCUT2D eigenvalue weighted by molar-refractivity contribution is 5.45. The third-order valence-corrected chi connectivity index (χ3v) is 3.44. The highest BCUT2D eigenvalue weighted by atomic mass is 19.1. The maximum atomic E-state index is 13.1. The predicted molar refractivity (Wildman–Crippen MR) is 80.9 cm³/mol. The first kappa shape index (κ1) is 15.5. The van der Waals surface area contributed by atoms with Crippen LogP contribution in [0.2, 0.25) is 0 Å². The van der Waals surface area contributed by atoms with Crippen LogP contribution < -0.4 is 10.5 Å². The molecule has 2 N–H and O–H groups in total. The van der Waals surface area contributed by atoms with Crippen LogP contribution in [-0.4, -0.2) is 20.3 Å². The molecule has 1 unspecified atom stereocenters. The fraction of sp³-hybridized carbons (Fsp3) is 0.294. The van der Waals surface area contributed by atoms with Gasteiger partial charge in [-0.1, -0.05) is 30.3 Å². The van der Waals surface area contributed by atoms with Gasteiger partial charge >= 0.3 is 0 Å². The number of ether oxygens (including phenoxy) is 2. The Labute approximate surface area is 124 Å². The molecule has 4 heteroatoms. The van der Waals surface area contributed by atoms with Gasteiger partial charge in [0.25, 0.3) is 0 Å². The third kappa shape index (κ3) is 3.60.